The highest BCUT2D eigenvalue weighted by Crippen LogP contribution is 2.39. The van der Waals surface area contributed by atoms with Gasteiger partial charge in [0.15, 0.2) is 0 Å². The lowest BCUT2D eigenvalue weighted by Crippen LogP contribution is -2.21. The Bertz CT molecular complexity index is 646. The second-order valence-corrected chi connectivity index (χ2v) is 5.66. The summed E-state index contributed by atoms with van der Waals surface area (Å²) >= 11 is 9.39. The number of benzene rings is 2. The molecule has 0 aromatic heterocycles. The van der Waals surface area contributed by atoms with Crippen LogP contribution in [0.15, 0.2) is 34.8 Å². The van der Waals surface area contributed by atoms with Crippen LogP contribution in [0.2, 0.25) is 5.02 Å². The van der Waals surface area contributed by atoms with Crippen molar-refractivity contribution in [1.82, 2.24) is 5.32 Å². The first-order valence-electron chi connectivity index (χ1n) is 6.13. The van der Waals surface area contributed by atoms with Crippen molar-refractivity contribution in [3.8, 4) is 5.75 Å². The Labute approximate surface area is 135 Å². The summed E-state index contributed by atoms with van der Waals surface area (Å²) in [5.41, 5.74) is 0.468. The SMILES string of the molecule is CNC(c1cc(Cl)cc(Br)c1OC)c1c(F)cccc1F. The Hall–Kier alpha value is -1.17. The first-order chi connectivity index (χ1) is 9.99. The van der Waals surface area contributed by atoms with Crippen molar-refractivity contribution >= 4 is 27.5 Å². The van der Waals surface area contributed by atoms with Crippen molar-refractivity contribution < 1.29 is 13.5 Å². The van der Waals surface area contributed by atoms with Crippen LogP contribution < -0.4 is 10.1 Å². The number of hydrogen-bond acceptors (Lipinski definition) is 2. The minimum Gasteiger partial charge on any atom is -0.495 e. The van der Waals surface area contributed by atoms with Gasteiger partial charge in [-0.15, -0.1) is 0 Å². The molecule has 0 aliphatic carbocycles. The molecule has 2 aromatic rings. The van der Waals surface area contributed by atoms with Crippen LogP contribution in [0.5, 0.6) is 5.75 Å². The Morgan fingerprint density at radius 3 is 2.38 bits per heavy atom. The van der Waals surface area contributed by atoms with Gasteiger partial charge in [0.2, 0.25) is 0 Å². The number of hydrogen-bond donors (Lipinski definition) is 1. The maximum Gasteiger partial charge on any atom is 0.138 e. The first-order valence-corrected chi connectivity index (χ1v) is 7.30. The van der Waals surface area contributed by atoms with Crippen LogP contribution >= 0.6 is 27.5 Å². The van der Waals surface area contributed by atoms with E-state index in [4.69, 9.17) is 16.3 Å². The van der Waals surface area contributed by atoms with Gasteiger partial charge in [0.25, 0.3) is 0 Å². The fraction of sp³-hybridized carbons (Fsp3) is 0.200. The molecule has 1 atom stereocenters. The molecule has 1 N–H and O–H groups in total. The first kappa shape index (κ1) is 16.2. The van der Waals surface area contributed by atoms with Crippen molar-refractivity contribution in [2.45, 2.75) is 6.04 Å². The molecule has 0 spiro atoms. The molecular formula is C15H13BrClF2NO. The summed E-state index contributed by atoms with van der Waals surface area (Å²) in [5, 5.41) is 3.35. The molecule has 2 rings (SSSR count). The van der Waals surface area contributed by atoms with Gasteiger partial charge in [-0.2, -0.15) is 0 Å². The van der Waals surface area contributed by atoms with Crippen LogP contribution in [0.1, 0.15) is 17.2 Å². The largest absolute Gasteiger partial charge is 0.495 e. The van der Waals surface area contributed by atoms with Gasteiger partial charge in [-0.25, -0.2) is 8.78 Å². The average Bonchev–Trinajstić information content (AvgIpc) is 2.42. The third-order valence-electron chi connectivity index (χ3n) is 3.13. The van der Waals surface area contributed by atoms with Gasteiger partial charge >= 0.3 is 0 Å². The van der Waals surface area contributed by atoms with Gasteiger partial charge in [0, 0.05) is 16.1 Å². The highest BCUT2D eigenvalue weighted by atomic mass is 79.9. The van der Waals surface area contributed by atoms with Gasteiger partial charge in [-0.3, -0.25) is 0 Å². The monoisotopic (exact) mass is 375 g/mol. The van der Waals surface area contributed by atoms with E-state index in [-0.39, 0.29) is 5.56 Å². The number of methoxy groups -OCH3 is 1. The summed E-state index contributed by atoms with van der Waals surface area (Å²) in [6.07, 6.45) is 0. The second-order valence-electron chi connectivity index (χ2n) is 4.37. The molecule has 2 aromatic carbocycles. The summed E-state index contributed by atoms with van der Waals surface area (Å²) in [4.78, 5) is 0. The summed E-state index contributed by atoms with van der Waals surface area (Å²) in [7, 11) is 3.10. The summed E-state index contributed by atoms with van der Waals surface area (Å²) in [6.45, 7) is 0. The maximum absolute atomic E-state index is 14.0. The zero-order chi connectivity index (χ0) is 15.6. The van der Waals surface area contributed by atoms with E-state index in [9.17, 15) is 8.78 Å². The normalized spacial score (nSPS) is 12.3. The van der Waals surface area contributed by atoms with Crippen LogP contribution in [0.3, 0.4) is 0 Å². The summed E-state index contributed by atoms with van der Waals surface area (Å²) in [6, 6.07) is 6.32. The van der Waals surface area contributed by atoms with E-state index < -0.39 is 17.7 Å². The number of rotatable bonds is 4. The highest BCUT2D eigenvalue weighted by molar-refractivity contribution is 9.10. The van der Waals surface area contributed by atoms with E-state index in [1.807, 2.05) is 0 Å². The van der Waals surface area contributed by atoms with E-state index in [0.29, 0.717) is 20.8 Å². The lowest BCUT2D eigenvalue weighted by Gasteiger charge is -2.22. The highest BCUT2D eigenvalue weighted by Gasteiger charge is 2.25. The van der Waals surface area contributed by atoms with E-state index >= 15 is 0 Å². The number of nitrogens with one attached hydrogen (secondary N) is 1. The van der Waals surface area contributed by atoms with Gasteiger partial charge in [0.1, 0.15) is 17.4 Å². The van der Waals surface area contributed by atoms with Gasteiger partial charge in [-0.05, 0) is 47.2 Å². The van der Waals surface area contributed by atoms with Crippen molar-refractivity contribution in [2.24, 2.45) is 0 Å². The van der Waals surface area contributed by atoms with E-state index in [1.165, 1.54) is 25.3 Å². The van der Waals surface area contributed by atoms with Crippen molar-refractivity contribution in [1.29, 1.82) is 0 Å². The summed E-state index contributed by atoms with van der Waals surface area (Å²) in [5.74, 6) is -0.790. The molecule has 0 saturated heterocycles. The van der Waals surface area contributed by atoms with Gasteiger partial charge in [0.05, 0.1) is 17.6 Å². The van der Waals surface area contributed by atoms with Gasteiger partial charge < -0.3 is 10.1 Å². The number of halogens is 4. The Morgan fingerprint density at radius 1 is 1.24 bits per heavy atom. The summed E-state index contributed by atoms with van der Waals surface area (Å²) < 4.78 is 34.0. The van der Waals surface area contributed by atoms with Crippen LogP contribution in [0, 0.1) is 11.6 Å². The molecule has 1 unspecified atom stereocenters. The molecule has 0 aliphatic heterocycles. The average molecular weight is 377 g/mol. The van der Waals surface area contributed by atoms with Crippen molar-refractivity contribution in [3.63, 3.8) is 0 Å². The standard InChI is InChI=1S/C15H13BrClF2NO/c1-20-14(13-11(18)4-3-5-12(13)19)9-6-8(17)7-10(16)15(9)21-2/h3-7,14,20H,1-2H3. The third kappa shape index (κ3) is 3.20. The zero-order valence-electron chi connectivity index (χ0n) is 11.4. The van der Waals surface area contributed by atoms with Crippen molar-refractivity contribution in [3.05, 3.63) is 62.6 Å². The molecule has 0 fully saturated rings. The van der Waals surface area contributed by atoms with E-state index in [2.05, 4.69) is 21.2 Å². The lowest BCUT2D eigenvalue weighted by atomic mass is 9.97. The van der Waals surface area contributed by atoms with Crippen LogP contribution in [0.25, 0.3) is 0 Å². The molecule has 0 saturated carbocycles. The molecule has 21 heavy (non-hydrogen) atoms. The molecule has 0 amide bonds. The smallest absolute Gasteiger partial charge is 0.138 e. The fourth-order valence-corrected chi connectivity index (χ4v) is 3.25. The number of ether oxygens (including phenoxy) is 1. The molecule has 0 aliphatic rings. The van der Waals surface area contributed by atoms with Gasteiger partial charge in [-0.1, -0.05) is 17.7 Å². The van der Waals surface area contributed by atoms with Crippen LogP contribution in [-0.2, 0) is 0 Å². The van der Waals surface area contributed by atoms with Crippen LogP contribution in [0.4, 0.5) is 8.78 Å². The Balaban J connectivity index is 2.67. The lowest BCUT2D eigenvalue weighted by molar-refractivity contribution is 0.400. The fourth-order valence-electron chi connectivity index (χ4n) is 2.25. The Morgan fingerprint density at radius 2 is 1.86 bits per heavy atom. The topological polar surface area (TPSA) is 21.3 Å². The molecular weight excluding hydrogens is 364 g/mol. The molecule has 2 nitrogen and oxygen atoms in total. The Kier molecular flexibility index (Phi) is 5.19. The molecule has 0 heterocycles. The van der Waals surface area contributed by atoms with Crippen LogP contribution in [-0.4, -0.2) is 14.2 Å². The zero-order valence-corrected chi connectivity index (χ0v) is 13.7. The minimum absolute atomic E-state index is 0.0764. The molecule has 112 valence electrons. The van der Waals surface area contributed by atoms with Crippen molar-refractivity contribution in [2.75, 3.05) is 14.2 Å². The quantitative estimate of drug-likeness (QED) is 0.835. The molecule has 6 heteroatoms. The second kappa shape index (κ2) is 6.73. The molecule has 0 radical (unpaired) electrons. The third-order valence-corrected chi connectivity index (χ3v) is 3.94. The minimum atomic E-state index is -0.726. The van der Waals surface area contributed by atoms with E-state index in [1.54, 1.807) is 19.2 Å². The predicted molar refractivity (Wildman–Crippen MR) is 83.0 cm³/mol. The maximum atomic E-state index is 14.0. The molecule has 0 bridgehead atoms. The predicted octanol–water partition coefficient (Wildman–Crippen LogP) is 4.70. The van der Waals surface area contributed by atoms with E-state index in [0.717, 1.165) is 0 Å².